The number of anilines is 1. The number of aromatic nitrogens is 3. The Labute approximate surface area is 152 Å². The highest BCUT2D eigenvalue weighted by atomic mass is 16.2. The maximum Gasteiger partial charge on any atom is 0.257 e. The number of amides is 1. The molecule has 6 nitrogen and oxygen atoms in total. The van der Waals surface area contributed by atoms with Crippen LogP contribution in [0.25, 0.3) is 0 Å². The number of nitrogens with zero attached hydrogens (tertiary/aromatic N) is 5. The van der Waals surface area contributed by atoms with Gasteiger partial charge in [0.15, 0.2) is 6.17 Å². The van der Waals surface area contributed by atoms with Crippen molar-refractivity contribution >= 4 is 11.6 Å². The average Bonchev–Trinajstić information content (AvgIpc) is 3.08. The van der Waals surface area contributed by atoms with Gasteiger partial charge in [0.2, 0.25) is 0 Å². The van der Waals surface area contributed by atoms with E-state index in [1.165, 1.54) is 11.1 Å². The average molecular weight is 347 g/mol. The molecule has 1 atom stereocenters. The van der Waals surface area contributed by atoms with Crippen molar-refractivity contribution in [3.8, 4) is 0 Å². The maximum absolute atomic E-state index is 12.7. The third-order valence-electron chi connectivity index (χ3n) is 4.82. The molecule has 2 heterocycles. The first-order valence-corrected chi connectivity index (χ1v) is 8.59. The molecule has 6 heteroatoms. The van der Waals surface area contributed by atoms with Crippen LogP contribution in [0.1, 0.15) is 33.3 Å². The fourth-order valence-corrected chi connectivity index (χ4v) is 3.56. The van der Waals surface area contributed by atoms with E-state index in [2.05, 4.69) is 40.3 Å². The van der Waals surface area contributed by atoms with Gasteiger partial charge in [-0.25, -0.2) is 4.68 Å². The van der Waals surface area contributed by atoms with E-state index < -0.39 is 0 Å². The molecule has 0 spiro atoms. The summed E-state index contributed by atoms with van der Waals surface area (Å²) in [6, 6.07) is 16.0. The van der Waals surface area contributed by atoms with Crippen LogP contribution in [0.15, 0.2) is 54.7 Å². The van der Waals surface area contributed by atoms with Gasteiger partial charge < -0.3 is 9.80 Å². The number of para-hydroxylation sites is 1. The summed E-state index contributed by atoms with van der Waals surface area (Å²) in [6.45, 7) is 2.73. The van der Waals surface area contributed by atoms with Crippen LogP contribution in [0.3, 0.4) is 0 Å². The summed E-state index contributed by atoms with van der Waals surface area (Å²) in [7, 11) is 3.78. The van der Waals surface area contributed by atoms with Gasteiger partial charge in [0.25, 0.3) is 5.91 Å². The first-order chi connectivity index (χ1) is 12.5. The number of hydrogen-bond acceptors (Lipinski definition) is 4. The highest BCUT2D eigenvalue weighted by Crippen LogP contribution is 2.35. The predicted octanol–water partition coefficient (Wildman–Crippen LogP) is 2.86. The fraction of sp³-hybridized carbons (Fsp3) is 0.250. The van der Waals surface area contributed by atoms with E-state index in [1.807, 2.05) is 48.3 Å². The van der Waals surface area contributed by atoms with E-state index in [4.69, 9.17) is 0 Å². The first kappa shape index (κ1) is 16.3. The smallest absolute Gasteiger partial charge is 0.257 e. The Morgan fingerprint density at radius 3 is 2.65 bits per heavy atom. The van der Waals surface area contributed by atoms with Crippen LogP contribution in [-0.2, 0) is 6.54 Å². The minimum Gasteiger partial charge on any atom is -0.348 e. The molecule has 0 bridgehead atoms. The van der Waals surface area contributed by atoms with Gasteiger partial charge in [0.05, 0.1) is 24.0 Å². The first-order valence-electron chi connectivity index (χ1n) is 8.59. The molecule has 0 saturated carbocycles. The lowest BCUT2D eigenvalue weighted by Gasteiger charge is -2.40. The number of hydrogen-bond donors (Lipinski definition) is 0. The van der Waals surface area contributed by atoms with Crippen molar-refractivity contribution in [2.45, 2.75) is 19.6 Å². The quantitative estimate of drug-likeness (QED) is 0.731. The molecule has 4 rings (SSSR count). The van der Waals surface area contributed by atoms with E-state index in [-0.39, 0.29) is 12.1 Å². The van der Waals surface area contributed by atoms with Crippen LogP contribution in [0, 0.1) is 6.92 Å². The third kappa shape index (κ3) is 2.73. The van der Waals surface area contributed by atoms with E-state index in [0.29, 0.717) is 12.1 Å². The summed E-state index contributed by atoms with van der Waals surface area (Å²) >= 11 is 0. The summed E-state index contributed by atoms with van der Waals surface area (Å²) in [4.78, 5) is 16.5. The molecular formula is C20H21N5O. The van der Waals surface area contributed by atoms with E-state index in [1.54, 1.807) is 11.9 Å². The van der Waals surface area contributed by atoms with Gasteiger partial charge in [-0.2, -0.15) is 0 Å². The van der Waals surface area contributed by atoms with Crippen molar-refractivity contribution in [1.82, 2.24) is 19.9 Å². The van der Waals surface area contributed by atoms with Crippen molar-refractivity contribution in [2.75, 3.05) is 19.0 Å². The number of benzene rings is 2. The fourth-order valence-electron chi connectivity index (χ4n) is 3.56. The molecule has 3 aromatic rings. The summed E-state index contributed by atoms with van der Waals surface area (Å²) in [5.74, 6) is -0.00284. The second-order valence-corrected chi connectivity index (χ2v) is 6.75. The Morgan fingerprint density at radius 1 is 1.04 bits per heavy atom. The summed E-state index contributed by atoms with van der Waals surface area (Å²) < 4.78 is 1.82. The molecule has 1 aromatic heterocycles. The molecule has 26 heavy (non-hydrogen) atoms. The van der Waals surface area contributed by atoms with E-state index >= 15 is 0 Å². The van der Waals surface area contributed by atoms with E-state index in [0.717, 1.165) is 11.4 Å². The summed E-state index contributed by atoms with van der Waals surface area (Å²) in [6.07, 6.45) is 1.64. The molecule has 0 N–H and O–H groups in total. The molecule has 2 aromatic carbocycles. The topological polar surface area (TPSA) is 54.3 Å². The standard InChI is InChI=1S/C20H21N5O/c1-14-7-6-8-15(11-14)12-25-13-17(21-22-25)19-23(2)18-10-5-4-9-16(18)20(26)24(19)3/h4-11,13,19H,12H2,1-3H3. The lowest BCUT2D eigenvalue weighted by Crippen LogP contribution is -2.45. The SMILES string of the molecule is Cc1cccc(Cn2cc(C3N(C)C(=O)c4ccccc4N3C)nn2)c1. The summed E-state index contributed by atoms with van der Waals surface area (Å²) in [5, 5.41) is 8.61. The van der Waals surface area contributed by atoms with Crippen LogP contribution in [-0.4, -0.2) is 39.9 Å². The van der Waals surface area contributed by atoms with Gasteiger partial charge in [-0.3, -0.25) is 4.79 Å². The molecule has 1 aliphatic heterocycles. The van der Waals surface area contributed by atoms with Gasteiger partial charge in [-0.05, 0) is 24.6 Å². The Hall–Kier alpha value is -3.15. The van der Waals surface area contributed by atoms with Gasteiger partial charge in [-0.1, -0.05) is 47.2 Å². The largest absolute Gasteiger partial charge is 0.348 e. The van der Waals surface area contributed by atoms with Gasteiger partial charge in [-0.15, -0.1) is 5.10 Å². The normalized spacial score (nSPS) is 16.7. The van der Waals surface area contributed by atoms with E-state index in [9.17, 15) is 4.79 Å². The molecule has 1 unspecified atom stereocenters. The molecule has 0 radical (unpaired) electrons. The highest BCUT2D eigenvalue weighted by molar-refractivity contribution is 6.01. The Balaban J connectivity index is 1.64. The lowest BCUT2D eigenvalue weighted by atomic mass is 10.1. The predicted molar refractivity (Wildman–Crippen MR) is 100.0 cm³/mol. The molecular weight excluding hydrogens is 326 g/mol. The minimum absolute atomic E-state index is 0.00284. The maximum atomic E-state index is 12.7. The minimum atomic E-state index is -0.274. The van der Waals surface area contributed by atoms with Crippen LogP contribution in [0.2, 0.25) is 0 Å². The van der Waals surface area contributed by atoms with Crippen LogP contribution in [0.5, 0.6) is 0 Å². The molecule has 1 amide bonds. The van der Waals surface area contributed by atoms with Gasteiger partial charge in [0.1, 0.15) is 5.69 Å². The second kappa shape index (κ2) is 6.29. The number of rotatable bonds is 3. The zero-order valence-corrected chi connectivity index (χ0v) is 15.1. The van der Waals surface area contributed by atoms with Crippen LogP contribution in [0.4, 0.5) is 5.69 Å². The zero-order valence-electron chi connectivity index (χ0n) is 15.1. The van der Waals surface area contributed by atoms with Crippen molar-refractivity contribution in [3.63, 3.8) is 0 Å². The van der Waals surface area contributed by atoms with Crippen molar-refractivity contribution in [2.24, 2.45) is 0 Å². The lowest BCUT2D eigenvalue weighted by molar-refractivity contribution is 0.0707. The monoisotopic (exact) mass is 347 g/mol. The van der Waals surface area contributed by atoms with Crippen LogP contribution >= 0.6 is 0 Å². The van der Waals surface area contributed by atoms with Crippen molar-refractivity contribution in [1.29, 1.82) is 0 Å². The highest BCUT2D eigenvalue weighted by Gasteiger charge is 2.35. The van der Waals surface area contributed by atoms with Crippen LogP contribution < -0.4 is 4.90 Å². The molecule has 0 saturated heterocycles. The van der Waals surface area contributed by atoms with Gasteiger partial charge >= 0.3 is 0 Å². The zero-order chi connectivity index (χ0) is 18.3. The Morgan fingerprint density at radius 2 is 1.85 bits per heavy atom. The number of aryl methyl sites for hydroxylation is 1. The Kier molecular flexibility index (Phi) is 3.95. The number of fused-ring (bicyclic) bond motifs is 1. The number of carbonyl (C=O) groups is 1. The van der Waals surface area contributed by atoms with Crippen molar-refractivity contribution in [3.05, 3.63) is 77.1 Å². The summed E-state index contributed by atoms with van der Waals surface area (Å²) in [5.41, 5.74) is 4.77. The number of carbonyl (C=O) groups excluding carboxylic acids is 1. The Bertz CT molecular complexity index is 964. The molecule has 1 aliphatic rings. The van der Waals surface area contributed by atoms with Gasteiger partial charge in [0, 0.05) is 14.1 Å². The second-order valence-electron chi connectivity index (χ2n) is 6.75. The van der Waals surface area contributed by atoms with Crippen molar-refractivity contribution < 1.29 is 4.79 Å². The third-order valence-corrected chi connectivity index (χ3v) is 4.82. The molecule has 0 fully saturated rings. The molecule has 0 aliphatic carbocycles. The molecule has 132 valence electrons.